The number of amides is 2. The molecule has 4 heterocycles. The number of aromatic nitrogens is 2. The van der Waals surface area contributed by atoms with E-state index in [4.69, 9.17) is 0 Å². The molecule has 0 N–H and O–H groups in total. The molecule has 2 saturated heterocycles. The van der Waals surface area contributed by atoms with E-state index in [2.05, 4.69) is 141 Å². The van der Waals surface area contributed by atoms with E-state index < -0.39 is 0 Å². The average Bonchev–Trinajstić information content (AvgIpc) is 3.38. The Hall–Kier alpha value is -7.00. The Morgan fingerprint density at radius 2 is 0.844 bits per heavy atom. The van der Waals surface area contributed by atoms with Gasteiger partial charge in [-0.25, -0.2) is 0 Å². The molecule has 2 aliphatic rings. The van der Waals surface area contributed by atoms with E-state index in [-0.39, 0.29) is 23.9 Å². The van der Waals surface area contributed by atoms with Gasteiger partial charge in [0.2, 0.25) is 0 Å². The lowest BCUT2D eigenvalue weighted by molar-refractivity contribution is 0.0592. The summed E-state index contributed by atoms with van der Waals surface area (Å²) < 4.78 is 0. The predicted octanol–water partition coefficient (Wildman–Crippen LogP) is 10.6. The maximum atomic E-state index is 13.3. The molecule has 0 bridgehead atoms. The number of hydrogen-bond acceptors (Lipinski definition) is 6. The second-order valence-electron chi connectivity index (χ2n) is 15.9. The molecule has 6 aromatic carbocycles. The second-order valence-corrected chi connectivity index (χ2v) is 15.9. The monoisotopic (exact) mass is 844 g/mol. The smallest absolute Gasteiger partial charge is 0.255 e. The largest absolute Gasteiger partial charge is 0.336 e. The van der Waals surface area contributed by atoms with E-state index in [0.717, 1.165) is 53.5 Å². The summed E-state index contributed by atoms with van der Waals surface area (Å²) >= 11 is 0. The lowest BCUT2D eigenvalue weighted by Crippen LogP contribution is -2.49. The van der Waals surface area contributed by atoms with Crippen molar-refractivity contribution in [2.75, 3.05) is 52.4 Å². The maximum absolute atomic E-state index is 13.3. The Labute approximate surface area is 377 Å². The van der Waals surface area contributed by atoms with E-state index in [9.17, 15) is 9.59 Å². The molecule has 2 aromatic heterocycles. The third-order valence-electron chi connectivity index (χ3n) is 12.1. The first-order chi connectivity index (χ1) is 31.6. The van der Waals surface area contributed by atoms with Crippen molar-refractivity contribution in [3.05, 3.63) is 228 Å². The zero-order valence-corrected chi connectivity index (χ0v) is 36.8. The van der Waals surface area contributed by atoms with Crippen molar-refractivity contribution in [3.8, 4) is 0 Å². The summed E-state index contributed by atoms with van der Waals surface area (Å²) in [6.07, 6.45) is 3.43. The van der Waals surface area contributed by atoms with Gasteiger partial charge in [0.1, 0.15) is 0 Å². The van der Waals surface area contributed by atoms with Gasteiger partial charge in [0, 0.05) is 75.5 Å². The van der Waals surface area contributed by atoms with Crippen LogP contribution in [0.3, 0.4) is 0 Å². The molecule has 0 radical (unpaired) electrons. The third kappa shape index (κ3) is 10.1. The van der Waals surface area contributed by atoms with E-state index in [1.165, 1.54) is 22.3 Å². The number of carbonyl (C=O) groups excluding carboxylic acids is 2. The Kier molecular flexibility index (Phi) is 14.6. The van der Waals surface area contributed by atoms with Crippen LogP contribution in [0.25, 0.3) is 21.8 Å². The number of para-hydroxylation sites is 2. The quantitative estimate of drug-likeness (QED) is 0.152. The Morgan fingerprint density at radius 3 is 1.33 bits per heavy atom. The number of fused-ring (bicyclic) bond motifs is 2. The Bertz CT molecular complexity index is 2630. The van der Waals surface area contributed by atoms with Crippen molar-refractivity contribution >= 4 is 33.6 Å². The molecule has 2 fully saturated rings. The van der Waals surface area contributed by atoms with Gasteiger partial charge in [-0.05, 0) is 46.5 Å². The number of carbonyl (C=O) groups is 2. The van der Waals surface area contributed by atoms with Crippen LogP contribution in [-0.2, 0) is 0 Å². The molecular formula is C56H56N6O2. The fourth-order valence-electron chi connectivity index (χ4n) is 8.96. The first kappa shape index (κ1) is 43.6. The van der Waals surface area contributed by atoms with Crippen LogP contribution >= 0.6 is 0 Å². The summed E-state index contributed by atoms with van der Waals surface area (Å²) in [4.78, 5) is 44.2. The van der Waals surface area contributed by atoms with Gasteiger partial charge >= 0.3 is 0 Å². The molecule has 0 spiro atoms. The number of nitrogens with zero attached hydrogens (tertiary/aromatic N) is 6. The highest BCUT2D eigenvalue weighted by molar-refractivity contribution is 6.06. The molecule has 0 unspecified atom stereocenters. The SMILES string of the molecule is CC.O=C(c1ccnc2ccccc12)N1CCN(C(c2ccccc2)c2ccccc2)CC1.O=C(c1cnc2ccccc2c1)N1CCN(C(c2ccccc2)c2ccccc2)CC1. The number of benzene rings is 6. The van der Waals surface area contributed by atoms with E-state index in [1.54, 1.807) is 12.4 Å². The lowest BCUT2D eigenvalue weighted by Gasteiger charge is -2.40. The minimum Gasteiger partial charge on any atom is -0.336 e. The fraction of sp³-hybridized carbons (Fsp3) is 0.214. The van der Waals surface area contributed by atoms with Gasteiger partial charge in [0.15, 0.2) is 0 Å². The molecule has 64 heavy (non-hydrogen) atoms. The molecule has 0 aliphatic carbocycles. The zero-order valence-electron chi connectivity index (χ0n) is 36.8. The van der Waals surface area contributed by atoms with Gasteiger partial charge in [0.05, 0.1) is 34.2 Å². The van der Waals surface area contributed by atoms with Gasteiger partial charge < -0.3 is 9.80 Å². The highest BCUT2D eigenvalue weighted by Crippen LogP contribution is 2.31. The number of piperazine rings is 2. The van der Waals surface area contributed by atoms with Crippen molar-refractivity contribution in [1.29, 1.82) is 0 Å². The molecule has 8 aromatic rings. The van der Waals surface area contributed by atoms with Crippen LogP contribution in [0.4, 0.5) is 0 Å². The minimum atomic E-state index is 0.0638. The number of pyridine rings is 2. The second kappa shape index (κ2) is 21.4. The summed E-state index contributed by atoms with van der Waals surface area (Å²) in [5.41, 5.74) is 8.32. The van der Waals surface area contributed by atoms with Crippen molar-refractivity contribution in [2.24, 2.45) is 0 Å². The first-order valence-corrected chi connectivity index (χ1v) is 22.6. The molecule has 322 valence electrons. The molecular weight excluding hydrogens is 789 g/mol. The average molecular weight is 845 g/mol. The van der Waals surface area contributed by atoms with Crippen molar-refractivity contribution in [3.63, 3.8) is 0 Å². The molecule has 8 nitrogen and oxygen atoms in total. The standard InChI is InChI=1S/2C27H25N3O.C2H6/c31-27(24-19-23-13-7-8-14-25(23)28-20-24)30-17-15-29(16-18-30)26(21-9-3-1-4-10-21)22-11-5-2-6-12-22;31-27(24-15-16-28-25-14-8-7-13-23(24)25)30-19-17-29(18-20-30)26(21-9-3-1-4-10-21)22-11-5-2-6-12-22;1-2/h1-14,19-20,26H,15-18H2;1-16,26H,17-20H2;1-2H3. The van der Waals surface area contributed by atoms with Crippen LogP contribution in [-0.4, -0.2) is 93.7 Å². The summed E-state index contributed by atoms with van der Waals surface area (Å²) in [6.45, 7) is 10.2. The van der Waals surface area contributed by atoms with Crippen molar-refractivity contribution in [2.45, 2.75) is 25.9 Å². The van der Waals surface area contributed by atoms with Gasteiger partial charge in [-0.3, -0.25) is 29.4 Å². The van der Waals surface area contributed by atoms with E-state index in [0.29, 0.717) is 31.7 Å². The van der Waals surface area contributed by atoms with Crippen LogP contribution in [0.2, 0.25) is 0 Å². The van der Waals surface area contributed by atoms with Crippen LogP contribution in [0.1, 0.15) is 68.9 Å². The highest BCUT2D eigenvalue weighted by atomic mass is 16.2. The molecule has 0 atom stereocenters. The summed E-state index contributed by atoms with van der Waals surface area (Å²) in [7, 11) is 0. The Balaban J connectivity index is 0.000000169. The molecule has 0 saturated carbocycles. The highest BCUT2D eigenvalue weighted by Gasteiger charge is 2.30. The third-order valence-corrected chi connectivity index (χ3v) is 12.1. The van der Waals surface area contributed by atoms with Crippen LogP contribution in [0.15, 0.2) is 194 Å². The Morgan fingerprint density at radius 1 is 0.438 bits per heavy atom. The first-order valence-electron chi connectivity index (χ1n) is 22.6. The van der Waals surface area contributed by atoms with Gasteiger partial charge in [-0.15, -0.1) is 0 Å². The number of rotatable bonds is 8. The predicted molar refractivity (Wildman–Crippen MR) is 259 cm³/mol. The van der Waals surface area contributed by atoms with Crippen molar-refractivity contribution in [1.82, 2.24) is 29.6 Å². The molecule has 8 heteroatoms. The zero-order chi connectivity index (χ0) is 44.1. The molecule has 2 amide bonds. The molecule has 10 rings (SSSR count). The topological polar surface area (TPSA) is 72.9 Å². The molecule has 2 aliphatic heterocycles. The summed E-state index contributed by atoms with van der Waals surface area (Å²) in [6, 6.07) is 62.5. The van der Waals surface area contributed by atoms with Crippen LogP contribution in [0, 0.1) is 0 Å². The van der Waals surface area contributed by atoms with Crippen LogP contribution in [0.5, 0.6) is 0 Å². The maximum Gasteiger partial charge on any atom is 0.255 e. The van der Waals surface area contributed by atoms with Gasteiger partial charge in [0.25, 0.3) is 11.8 Å². The summed E-state index contributed by atoms with van der Waals surface area (Å²) in [5, 5.41) is 1.92. The van der Waals surface area contributed by atoms with Crippen molar-refractivity contribution < 1.29 is 9.59 Å². The van der Waals surface area contributed by atoms with E-state index in [1.807, 2.05) is 84.3 Å². The van der Waals surface area contributed by atoms with Gasteiger partial charge in [-0.1, -0.05) is 172 Å². The minimum absolute atomic E-state index is 0.0638. The normalized spacial score (nSPS) is 14.4. The van der Waals surface area contributed by atoms with Gasteiger partial charge in [-0.2, -0.15) is 0 Å². The van der Waals surface area contributed by atoms with Crippen LogP contribution < -0.4 is 0 Å². The lowest BCUT2D eigenvalue weighted by atomic mass is 9.96. The fourth-order valence-corrected chi connectivity index (χ4v) is 8.96. The summed E-state index contributed by atoms with van der Waals surface area (Å²) in [5.74, 6) is 0.156. The van der Waals surface area contributed by atoms with E-state index >= 15 is 0 Å². The number of hydrogen-bond donors (Lipinski definition) is 0.